The molecule has 4 nitrogen and oxygen atoms in total. The molecule has 0 amide bonds. The van der Waals surface area contributed by atoms with Crippen LogP contribution in [0.3, 0.4) is 0 Å². The minimum Gasteiger partial charge on any atom is -0.388 e. The van der Waals surface area contributed by atoms with Gasteiger partial charge in [0, 0.05) is 37.5 Å². The van der Waals surface area contributed by atoms with Crippen molar-refractivity contribution in [2.75, 3.05) is 25.1 Å². The van der Waals surface area contributed by atoms with Gasteiger partial charge in [0.05, 0.1) is 11.3 Å². The number of anilines is 1. The molecule has 0 spiro atoms. The van der Waals surface area contributed by atoms with Gasteiger partial charge in [-0.3, -0.25) is 0 Å². The van der Waals surface area contributed by atoms with Crippen molar-refractivity contribution in [1.29, 1.82) is 0 Å². The molecule has 0 aliphatic carbocycles. The van der Waals surface area contributed by atoms with Crippen molar-refractivity contribution in [1.82, 2.24) is 4.98 Å². The Kier molecular flexibility index (Phi) is 3.47. The molecule has 1 saturated heterocycles. The molecule has 0 unspecified atom stereocenters. The van der Waals surface area contributed by atoms with Crippen molar-refractivity contribution in [2.45, 2.75) is 32.3 Å². The summed E-state index contributed by atoms with van der Waals surface area (Å²) in [6.45, 7) is 5.91. The largest absolute Gasteiger partial charge is 0.388 e. The fraction of sp³-hybridized carbons (Fsp3) is 0.727. The molecule has 2 rings (SSSR count). The van der Waals surface area contributed by atoms with Crippen LogP contribution < -0.4 is 5.32 Å². The lowest BCUT2D eigenvalue weighted by atomic mass is 9.95. The summed E-state index contributed by atoms with van der Waals surface area (Å²) in [7, 11) is 0. The fourth-order valence-corrected chi connectivity index (χ4v) is 2.53. The highest BCUT2D eigenvalue weighted by Crippen LogP contribution is 2.24. The molecule has 5 heteroatoms. The average Bonchev–Trinajstić information content (AvgIpc) is 2.57. The molecule has 1 aromatic rings. The summed E-state index contributed by atoms with van der Waals surface area (Å²) in [5.74, 6) is 0. The van der Waals surface area contributed by atoms with E-state index in [4.69, 9.17) is 4.74 Å². The molecule has 1 fully saturated rings. The van der Waals surface area contributed by atoms with Crippen LogP contribution in [0.5, 0.6) is 0 Å². The second-order valence-electron chi connectivity index (χ2n) is 4.35. The Bertz CT molecular complexity index is 339. The van der Waals surface area contributed by atoms with Gasteiger partial charge in [-0.1, -0.05) is 0 Å². The molecule has 0 bridgehead atoms. The van der Waals surface area contributed by atoms with E-state index < -0.39 is 5.60 Å². The van der Waals surface area contributed by atoms with E-state index in [1.807, 2.05) is 6.92 Å². The van der Waals surface area contributed by atoms with Crippen LogP contribution in [-0.4, -0.2) is 35.5 Å². The Labute approximate surface area is 99.7 Å². The van der Waals surface area contributed by atoms with Gasteiger partial charge in [-0.25, -0.2) is 4.98 Å². The lowest BCUT2D eigenvalue weighted by Gasteiger charge is -2.31. The van der Waals surface area contributed by atoms with Gasteiger partial charge < -0.3 is 15.2 Å². The van der Waals surface area contributed by atoms with Gasteiger partial charge >= 0.3 is 0 Å². The number of hydrogen-bond donors (Lipinski definition) is 2. The normalized spacial score (nSPS) is 19.7. The quantitative estimate of drug-likeness (QED) is 0.847. The Morgan fingerprint density at radius 1 is 1.44 bits per heavy atom. The fourth-order valence-electron chi connectivity index (χ4n) is 1.72. The maximum Gasteiger partial charge on any atom is 0.183 e. The van der Waals surface area contributed by atoms with Gasteiger partial charge in [0.15, 0.2) is 5.13 Å². The van der Waals surface area contributed by atoms with Crippen LogP contribution in [-0.2, 0) is 4.74 Å². The first-order chi connectivity index (χ1) is 7.59. The molecule has 2 heterocycles. The maximum absolute atomic E-state index is 10.2. The van der Waals surface area contributed by atoms with Crippen molar-refractivity contribution in [3.8, 4) is 0 Å². The monoisotopic (exact) mass is 242 g/mol. The smallest absolute Gasteiger partial charge is 0.183 e. The molecule has 0 aromatic carbocycles. The number of rotatable bonds is 3. The molecular weight excluding hydrogens is 224 g/mol. The maximum atomic E-state index is 10.2. The zero-order chi connectivity index (χ0) is 11.6. The first kappa shape index (κ1) is 11.8. The van der Waals surface area contributed by atoms with Gasteiger partial charge in [0.1, 0.15) is 0 Å². The number of aromatic nitrogens is 1. The van der Waals surface area contributed by atoms with E-state index in [0.717, 1.165) is 10.8 Å². The highest BCUT2D eigenvalue weighted by atomic mass is 32.1. The Balaban J connectivity index is 1.91. The van der Waals surface area contributed by atoms with E-state index in [1.165, 1.54) is 4.88 Å². The second kappa shape index (κ2) is 4.69. The topological polar surface area (TPSA) is 54.4 Å². The average molecular weight is 242 g/mol. The first-order valence-electron chi connectivity index (χ1n) is 5.57. The van der Waals surface area contributed by atoms with Crippen molar-refractivity contribution < 1.29 is 9.84 Å². The molecule has 16 heavy (non-hydrogen) atoms. The summed E-state index contributed by atoms with van der Waals surface area (Å²) in [5.41, 5.74) is 0.428. The van der Waals surface area contributed by atoms with Crippen LogP contribution in [0.15, 0.2) is 0 Å². The van der Waals surface area contributed by atoms with Crippen LogP contribution in [0.4, 0.5) is 5.13 Å². The van der Waals surface area contributed by atoms with Crippen LogP contribution in [0, 0.1) is 13.8 Å². The van der Waals surface area contributed by atoms with Crippen LogP contribution >= 0.6 is 11.3 Å². The van der Waals surface area contributed by atoms with Gasteiger partial charge in [0.2, 0.25) is 0 Å². The summed E-state index contributed by atoms with van der Waals surface area (Å²) in [5, 5.41) is 14.4. The lowest BCUT2D eigenvalue weighted by Crippen LogP contribution is -2.42. The molecule has 2 N–H and O–H groups in total. The van der Waals surface area contributed by atoms with Gasteiger partial charge in [-0.05, 0) is 13.8 Å². The number of nitrogens with one attached hydrogen (secondary N) is 1. The Morgan fingerprint density at radius 2 is 2.12 bits per heavy atom. The number of ether oxygens (including phenoxy) is 1. The minimum atomic E-state index is -0.633. The number of thiazole rings is 1. The molecule has 0 radical (unpaired) electrons. The van der Waals surface area contributed by atoms with Gasteiger partial charge in [-0.15, -0.1) is 11.3 Å². The third-order valence-electron chi connectivity index (χ3n) is 3.02. The number of hydrogen-bond acceptors (Lipinski definition) is 5. The van der Waals surface area contributed by atoms with Crippen molar-refractivity contribution in [3.05, 3.63) is 10.6 Å². The summed E-state index contributed by atoms with van der Waals surface area (Å²) in [6.07, 6.45) is 1.40. The SMILES string of the molecule is Cc1nc(NCC2(O)CCOCC2)sc1C. The van der Waals surface area contributed by atoms with Crippen molar-refractivity contribution >= 4 is 16.5 Å². The molecular formula is C11H18N2O2S. The number of aliphatic hydroxyl groups is 1. The summed E-state index contributed by atoms with van der Waals surface area (Å²) < 4.78 is 5.24. The lowest BCUT2D eigenvalue weighted by molar-refractivity contribution is -0.0543. The van der Waals surface area contributed by atoms with Crippen LogP contribution in [0.2, 0.25) is 0 Å². The molecule has 1 aliphatic heterocycles. The van der Waals surface area contributed by atoms with E-state index in [-0.39, 0.29) is 0 Å². The van der Waals surface area contributed by atoms with Crippen LogP contribution in [0.1, 0.15) is 23.4 Å². The third-order valence-corrected chi connectivity index (χ3v) is 4.05. The van der Waals surface area contributed by atoms with E-state index >= 15 is 0 Å². The molecule has 0 atom stereocenters. The van der Waals surface area contributed by atoms with Crippen LogP contribution in [0.25, 0.3) is 0 Å². The highest BCUT2D eigenvalue weighted by Gasteiger charge is 2.29. The predicted molar refractivity (Wildman–Crippen MR) is 65.1 cm³/mol. The van der Waals surface area contributed by atoms with E-state index in [2.05, 4.69) is 17.2 Å². The molecule has 90 valence electrons. The van der Waals surface area contributed by atoms with Crippen molar-refractivity contribution in [3.63, 3.8) is 0 Å². The zero-order valence-electron chi connectivity index (χ0n) is 9.75. The van der Waals surface area contributed by atoms with Crippen molar-refractivity contribution in [2.24, 2.45) is 0 Å². The summed E-state index contributed by atoms with van der Waals surface area (Å²) >= 11 is 1.64. The standard InChI is InChI=1S/C11H18N2O2S/c1-8-9(2)16-10(13-8)12-7-11(14)3-5-15-6-4-11/h14H,3-7H2,1-2H3,(H,12,13). The number of aryl methyl sites for hydroxylation is 2. The summed E-state index contributed by atoms with van der Waals surface area (Å²) in [4.78, 5) is 5.61. The molecule has 0 saturated carbocycles. The second-order valence-corrected chi connectivity index (χ2v) is 5.55. The third kappa shape index (κ3) is 2.72. The molecule has 1 aliphatic rings. The first-order valence-corrected chi connectivity index (χ1v) is 6.39. The van der Waals surface area contributed by atoms with Gasteiger partial charge in [0.25, 0.3) is 0 Å². The summed E-state index contributed by atoms with van der Waals surface area (Å²) in [6, 6.07) is 0. The Morgan fingerprint density at radius 3 is 2.69 bits per heavy atom. The Hall–Kier alpha value is -0.650. The molecule has 1 aromatic heterocycles. The van der Waals surface area contributed by atoms with E-state index in [9.17, 15) is 5.11 Å². The van der Waals surface area contributed by atoms with E-state index in [1.54, 1.807) is 11.3 Å². The minimum absolute atomic E-state index is 0.558. The number of nitrogens with zero attached hydrogens (tertiary/aromatic N) is 1. The highest BCUT2D eigenvalue weighted by molar-refractivity contribution is 7.15. The van der Waals surface area contributed by atoms with E-state index in [0.29, 0.717) is 32.6 Å². The van der Waals surface area contributed by atoms with Gasteiger partial charge in [-0.2, -0.15) is 0 Å². The predicted octanol–water partition coefficient (Wildman–Crippen LogP) is 1.71. The zero-order valence-corrected chi connectivity index (χ0v) is 10.6.